The summed E-state index contributed by atoms with van der Waals surface area (Å²) >= 11 is 0. The van der Waals surface area contributed by atoms with E-state index in [-0.39, 0.29) is 52.0 Å². The predicted octanol–water partition coefficient (Wildman–Crippen LogP) is -9.57. The number of carbonyl (C=O) groups is 1. The number of nitrogens with one attached hydrogen (secondary N) is 1. The largest absolute Gasteiger partial charge is 1.00 e. The number of carboxylic acid groups (broad SMARTS) is 1. The van der Waals surface area contributed by atoms with E-state index in [9.17, 15) is 0 Å². The monoisotopic (exact) mass is 847 g/mol. The number of quaternary nitrogens is 6. The molecule has 0 radical (unpaired) electrons. The summed E-state index contributed by atoms with van der Waals surface area (Å²) in [5.74, 6) is -0.833. The molecule has 0 amide bonds. The SMILES string of the molecule is CC(=O)O.CC[NH+](C)C.C[N+](C)(C)C.C[N+](C)(C)C.C[N+](Cc1ccccc1)(Cc1ccccc1)Cc1ccccc1.C[NH2+]C.C[NH3+].[Br-].[Cl-].[Cl-].[F-].[OH-]. The molecule has 13 heteroatoms. The molecule has 3 aromatic carbocycles. The molecule has 0 aromatic heterocycles. The van der Waals surface area contributed by atoms with Crippen LogP contribution < -0.4 is 62.5 Å². The van der Waals surface area contributed by atoms with Gasteiger partial charge >= 0.3 is 0 Å². The van der Waals surface area contributed by atoms with E-state index >= 15 is 0 Å². The molecule has 0 saturated carbocycles. The molecule has 52 heavy (non-hydrogen) atoms. The minimum absolute atomic E-state index is 0. The van der Waals surface area contributed by atoms with Crippen LogP contribution in [0.5, 0.6) is 0 Å². The van der Waals surface area contributed by atoms with Gasteiger partial charge in [0.05, 0.1) is 105 Å². The van der Waals surface area contributed by atoms with Crippen LogP contribution in [0.3, 0.4) is 0 Å². The number of hydrogen-bond acceptors (Lipinski definition) is 2. The molecule has 0 aliphatic carbocycles. The summed E-state index contributed by atoms with van der Waals surface area (Å²) < 4.78 is 2.97. The van der Waals surface area contributed by atoms with Crippen molar-refractivity contribution < 1.29 is 91.3 Å². The lowest BCUT2D eigenvalue weighted by Crippen LogP contribution is -3.05. The van der Waals surface area contributed by atoms with Crippen molar-refractivity contribution in [2.75, 3.05) is 105 Å². The Labute approximate surface area is 342 Å². The Morgan fingerprint density at radius 2 is 0.769 bits per heavy atom. The second kappa shape index (κ2) is 43.2. The summed E-state index contributed by atoms with van der Waals surface area (Å²) in [4.78, 5) is 10.5. The fraction of sp³-hybridized carbons (Fsp3) is 0.513. The Kier molecular flexibility index (Phi) is 59.3. The van der Waals surface area contributed by atoms with Crippen molar-refractivity contribution in [2.45, 2.75) is 33.5 Å². The van der Waals surface area contributed by atoms with Crippen molar-refractivity contribution in [3.05, 3.63) is 108 Å². The minimum Gasteiger partial charge on any atom is -1.00 e. The third-order valence-corrected chi connectivity index (χ3v) is 4.93. The van der Waals surface area contributed by atoms with Crippen LogP contribution in [0.1, 0.15) is 30.5 Å². The lowest BCUT2D eigenvalue weighted by atomic mass is 10.1. The van der Waals surface area contributed by atoms with Gasteiger partial charge in [-0.2, -0.15) is 0 Å². The molecule has 8 N–H and O–H groups in total. The van der Waals surface area contributed by atoms with Gasteiger partial charge in [0.2, 0.25) is 0 Å². The fourth-order valence-electron chi connectivity index (χ4n) is 3.24. The molecule has 0 fully saturated rings. The summed E-state index contributed by atoms with van der Waals surface area (Å²) in [5.41, 5.74) is 7.42. The Balaban J connectivity index is -0.0000000762. The fourth-order valence-corrected chi connectivity index (χ4v) is 3.24. The molecule has 0 aliphatic heterocycles. The molecule has 0 heterocycles. The maximum absolute atomic E-state index is 9.00. The number of carboxylic acids is 1. The number of rotatable bonds is 7. The number of nitrogens with zero attached hydrogens (tertiary/aromatic N) is 3. The molecule has 0 atom stereocenters. The second-order valence-electron chi connectivity index (χ2n) is 14.6. The molecule has 3 aromatic rings. The van der Waals surface area contributed by atoms with Gasteiger partial charge in [-0.05, 0) is 6.92 Å². The molecule has 0 aliphatic rings. The van der Waals surface area contributed by atoms with Crippen LogP contribution in [-0.2, 0) is 24.4 Å². The molecular formula is C39H79BrCl2FN6O3+. The first-order chi connectivity index (χ1) is 21.7. The molecule has 0 saturated heterocycles. The highest BCUT2D eigenvalue weighted by Crippen LogP contribution is 2.21. The van der Waals surface area contributed by atoms with Crippen LogP contribution in [0.4, 0.5) is 0 Å². The number of benzene rings is 3. The Morgan fingerprint density at radius 3 is 0.885 bits per heavy atom. The van der Waals surface area contributed by atoms with Crippen molar-refractivity contribution in [1.82, 2.24) is 0 Å². The first-order valence-corrected chi connectivity index (χ1v) is 16.6. The van der Waals surface area contributed by atoms with Crippen LogP contribution in [0.25, 0.3) is 0 Å². The van der Waals surface area contributed by atoms with Gasteiger partial charge in [0, 0.05) is 23.6 Å². The number of nitrogens with two attached hydrogens (primary N) is 1. The number of hydrogen-bond donors (Lipinski definition) is 4. The Morgan fingerprint density at radius 1 is 0.635 bits per heavy atom. The molecule has 0 bridgehead atoms. The van der Waals surface area contributed by atoms with Crippen LogP contribution in [0, 0.1) is 0 Å². The molecule has 9 nitrogen and oxygen atoms in total. The summed E-state index contributed by atoms with van der Waals surface area (Å²) in [5, 5.41) is 9.42. The maximum Gasteiger partial charge on any atom is 0.300 e. The van der Waals surface area contributed by atoms with Gasteiger partial charge in [-0.1, -0.05) is 91.0 Å². The summed E-state index contributed by atoms with van der Waals surface area (Å²) in [6, 6.07) is 32.4. The van der Waals surface area contributed by atoms with E-state index in [0.717, 1.165) is 40.0 Å². The van der Waals surface area contributed by atoms with Gasteiger partial charge in [-0.25, -0.2) is 0 Å². The lowest BCUT2D eigenvalue weighted by Gasteiger charge is -2.35. The van der Waals surface area contributed by atoms with Crippen molar-refractivity contribution >= 4 is 5.97 Å². The molecule has 0 unspecified atom stereocenters. The molecule has 3 rings (SSSR count). The van der Waals surface area contributed by atoms with Crippen molar-refractivity contribution in [3.8, 4) is 0 Å². The van der Waals surface area contributed by atoms with Crippen LogP contribution in [-0.4, -0.2) is 135 Å². The smallest absolute Gasteiger partial charge is 0.300 e. The summed E-state index contributed by atoms with van der Waals surface area (Å²) in [7, 11) is 29.4. The number of aliphatic carboxylic acids is 1. The molecule has 0 spiro atoms. The highest BCUT2D eigenvalue weighted by molar-refractivity contribution is 5.62. The summed E-state index contributed by atoms with van der Waals surface area (Å²) in [6.45, 7) is 7.56. The van der Waals surface area contributed by atoms with Crippen molar-refractivity contribution in [3.63, 3.8) is 0 Å². The topological polar surface area (TPSA) is 116 Å². The van der Waals surface area contributed by atoms with E-state index in [2.05, 4.69) is 181 Å². The van der Waals surface area contributed by atoms with Gasteiger partial charge in [-0.3, -0.25) is 4.79 Å². The zero-order chi connectivity index (χ0) is 37.5. The third-order valence-electron chi connectivity index (χ3n) is 4.93. The van der Waals surface area contributed by atoms with Gasteiger partial charge in [0.1, 0.15) is 19.6 Å². The first kappa shape index (κ1) is 71.3. The maximum atomic E-state index is 9.00. The highest BCUT2D eigenvalue weighted by Gasteiger charge is 2.23. The van der Waals surface area contributed by atoms with Gasteiger partial charge in [0.25, 0.3) is 5.97 Å². The standard InChI is InChI=1S/C22H24N.2C4H12N.C4H11N.C2H7N.C2H4O2.CH5N.BrH.2ClH.FH.H2O/c1-23(17-20-11-5-2-6-12-20,18-21-13-7-3-8-14-21)19-22-15-9-4-10-16-22;2*1-5(2,3)4;1-4-5(2)3;1-3-2;1-2(3)4;1-2;;;;;/h2-16H,17-19H2,1H3;2*1-4H3;4H2,1-3H3;3H,1-2H3;1H3,(H,3,4);2H2,1H3;4*1H;1H2/q3*+1;;;;;;;;;/p-2. The lowest BCUT2D eigenvalue weighted by molar-refractivity contribution is -0.948. The molecular weight excluding hydrogens is 770 g/mol. The van der Waals surface area contributed by atoms with Crippen LogP contribution >= 0.6 is 0 Å². The quantitative estimate of drug-likeness (QED) is 0.177. The van der Waals surface area contributed by atoms with E-state index in [0.29, 0.717) is 0 Å². The third kappa shape index (κ3) is 69.6. The summed E-state index contributed by atoms with van der Waals surface area (Å²) in [6.07, 6.45) is 0. The normalized spacial score (nSPS) is 9.19. The number of halogens is 4. The Bertz CT molecular complexity index is 967. The van der Waals surface area contributed by atoms with E-state index < -0.39 is 5.97 Å². The minimum atomic E-state index is -0.833. The van der Waals surface area contributed by atoms with Crippen LogP contribution in [0.15, 0.2) is 91.0 Å². The van der Waals surface area contributed by atoms with Gasteiger partial charge in [-0.15, -0.1) is 0 Å². The average Bonchev–Trinajstić information content (AvgIpc) is 2.94. The molecule has 310 valence electrons. The first-order valence-electron chi connectivity index (χ1n) is 16.6. The average molecular weight is 850 g/mol. The van der Waals surface area contributed by atoms with E-state index in [1.54, 1.807) is 7.05 Å². The van der Waals surface area contributed by atoms with E-state index in [1.165, 1.54) is 28.1 Å². The van der Waals surface area contributed by atoms with Crippen LogP contribution in [0.2, 0.25) is 0 Å². The van der Waals surface area contributed by atoms with Crippen molar-refractivity contribution in [2.24, 2.45) is 0 Å². The zero-order valence-electron chi connectivity index (χ0n) is 35.4. The zero-order valence-corrected chi connectivity index (χ0v) is 38.5. The predicted molar refractivity (Wildman–Crippen MR) is 206 cm³/mol. The Hall–Kier alpha value is -2.16. The highest BCUT2D eigenvalue weighted by atomic mass is 79.9. The second-order valence-corrected chi connectivity index (χ2v) is 14.6. The van der Waals surface area contributed by atoms with Gasteiger partial charge < -0.3 is 86.5 Å². The van der Waals surface area contributed by atoms with Crippen molar-refractivity contribution in [1.29, 1.82) is 0 Å². The van der Waals surface area contributed by atoms with Gasteiger partial charge in [0.15, 0.2) is 0 Å². The van der Waals surface area contributed by atoms with E-state index in [4.69, 9.17) is 9.90 Å². The van der Waals surface area contributed by atoms with E-state index in [1.807, 2.05) is 19.4 Å².